The molecule has 6 rings (SSSR count). The van der Waals surface area contributed by atoms with Crippen molar-refractivity contribution in [2.45, 2.75) is 14.7 Å². The predicted octanol–water partition coefficient (Wildman–Crippen LogP) is 4.94. The number of hydrogen-bond donors (Lipinski definition) is 5. The number of rotatable bonds is 10. The Bertz CT molecular complexity index is 2340. The lowest BCUT2D eigenvalue weighted by Crippen LogP contribution is -2.37. The number of halogens is 1. The normalized spacial score (nSPS) is 14.2. The highest BCUT2D eigenvalue weighted by atomic mass is 32.2. The Morgan fingerprint density at radius 2 is 1.69 bits per heavy atom. The van der Waals surface area contributed by atoms with Gasteiger partial charge in [-0.15, -0.1) is 14.6 Å². The van der Waals surface area contributed by atoms with Gasteiger partial charge in [0.1, 0.15) is 16.3 Å². The summed E-state index contributed by atoms with van der Waals surface area (Å²) in [6.45, 7) is 1.35. The van der Waals surface area contributed by atoms with Gasteiger partial charge in [-0.1, -0.05) is 35.4 Å². The summed E-state index contributed by atoms with van der Waals surface area (Å²) in [5.41, 5.74) is -1.02. The molecule has 0 radical (unpaired) electrons. The van der Waals surface area contributed by atoms with E-state index in [0.717, 1.165) is 12.1 Å². The van der Waals surface area contributed by atoms with E-state index in [9.17, 15) is 35.4 Å². The number of fused-ring (bicyclic) bond motifs is 2. The number of nitrogens with zero attached hydrogens (tertiary/aromatic N) is 6. The number of nitrogens with one attached hydrogen (secondary N) is 1. The summed E-state index contributed by atoms with van der Waals surface area (Å²) in [7, 11) is -9.73. The third kappa shape index (κ3) is 7.36. The van der Waals surface area contributed by atoms with Crippen molar-refractivity contribution < 1.29 is 54.8 Å². The zero-order chi connectivity index (χ0) is 34.9. The van der Waals surface area contributed by atoms with Gasteiger partial charge in [0.15, 0.2) is 5.75 Å². The molecule has 0 atom stereocenters. The molecule has 256 valence electrons. The molecule has 1 aromatic heterocycles. The van der Waals surface area contributed by atoms with Crippen LogP contribution in [0, 0.1) is 6.08 Å². The molecular weight excluding hydrogens is 714 g/mol. The molecule has 0 amide bonds. The lowest BCUT2D eigenvalue weighted by molar-refractivity contribution is -0.432. The van der Waals surface area contributed by atoms with Gasteiger partial charge in [0, 0.05) is 23.9 Å². The van der Waals surface area contributed by atoms with Crippen LogP contribution in [0.5, 0.6) is 5.75 Å². The Kier molecular flexibility index (Phi) is 9.56. The second-order valence-electron chi connectivity index (χ2n) is 10.1. The first-order chi connectivity index (χ1) is 23.3. The van der Waals surface area contributed by atoms with Gasteiger partial charge in [-0.25, -0.2) is 5.26 Å². The van der Waals surface area contributed by atoms with Crippen molar-refractivity contribution in [3.8, 4) is 5.75 Å². The van der Waals surface area contributed by atoms with Crippen molar-refractivity contribution in [1.82, 2.24) is 15.0 Å². The molecule has 1 fully saturated rings. The minimum absolute atomic E-state index is 0.0582. The van der Waals surface area contributed by atoms with E-state index in [1.807, 2.05) is 0 Å². The number of benzene rings is 4. The zero-order valence-corrected chi connectivity index (χ0v) is 26.9. The first kappa shape index (κ1) is 34.2. The van der Waals surface area contributed by atoms with Crippen molar-refractivity contribution in [2.24, 2.45) is 10.2 Å². The molecule has 18 nitrogen and oxygen atoms in total. The first-order valence-corrected chi connectivity index (χ1v) is 17.3. The van der Waals surface area contributed by atoms with Gasteiger partial charge in [-0.3, -0.25) is 9.11 Å². The molecular formula is C27H22FN7O11S3. The van der Waals surface area contributed by atoms with Crippen LogP contribution in [-0.4, -0.2) is 77.6 Å². The molecule has 0 unspecified atom stereocenters. The monoisotopic (exact) mass is 735 g/mol. The van der Waals surface area contributed by atoms with E-state index < -0.39 is 53.5 Å². The number of ether oxygens (including phenoxy) is 1. The topological polar surface area (TPSA) is 256 Å². The van der Waals surface area contributed by atoms with Crippen LogP contribution in [0.25, 0.3) is 21.5 Å². The Balaban J connectivity index is 1.54. The van der Waals surface area contributed by atoms with Crippen molar-refractivity contribution in [3.05, 3.63) is 60.7 Å². The number of anilines is 3. The van der Waals surface area contributed by atoms with E-state index in [0.29, 0.717) is 31.7 Å². The third-order valence-corrected chi connectivity index (χ3v) is 9.48. The van der Waals surface area contributed by atoms with Gasteiger partial charge in [0.2, 0.25) is 11.9 Å². The summed E-state index contributed by atoms with van der Waals surface area (Å²) >= 11 is 0.282. The fourth-order valence-corrected chi connectivity index (χ4v) is 6.90. The fourth-order valence-electron chi connectivity index (χ4n) is 5.03. The summed E-state index contributed by atoms with van der Waals surface area (Å²) < 4.78 is 93.6. The second-order valence-corrected chi connectivity index (χ2v) is 13.6. The minimum Gasteiger partial charge on any atom is -0.505 e. The molecule has 2 heterocycles. The van der Waals surface area contributed by atoms with Crippen molar-refractivity contribution in [1.29, 1.82) is 0 Å². The average Bonchev–Trinajstić information content (AvgIpc) is 3.05. The van der Waals surface area contributed by atoms with E-state index in [2.05, 4.69) is 39.9 Å². The van der Waals surface area contributed by atoms with Crippen LogP contribution in [-0.2, 0) is 34.3 Å². The number of azo groups is 1. The SMILES string of the molecule is O=S(=O)(O)c1cc(Nc2nc(F)nc(N3CCOCC3)n2)c2c(O)c(/N=N/c3ccc4ccccc4c3S(=O)(=O)O)c(SOOO)cc2c1. The first-order valence-electron chi connectivity index (χ1n) is 13.7. The molecule has 1 saturated heterocycles. The van der Waals surface area contributed by atoms with Crippen LogP contribution in [0.15, 0.2) is 79.5 Å². The second kappa shape index (κ2) is 13.7. The van der Waals surface area contributed by atoms with Gasteiger partial charge in [-0.2, -0.15) is 36.2 Å². The van der Waals surface area contributed by atoms with Gasteiger partial charge >= 0.3 is 6.08 Å². The van der Waals surface area contributed by atoms with Crippen LogP contribution in [0.2, 0.25) is 0 Å². The van der Waals surface area contributed by atoms with Crippen LogP contribution >= 0.6 is 12.0 Å². The molecule has 1 aliphatic heterocycles. The summed E-state index contributed by atoms with van der Waals surface area (Å²) in [6.07, 6.45) is -1.18. The summed E-state index contributed by atoms with van der Waals surface area (Å²) in [5.74, 6) is -1.20. The van der Waals surface area contributed by atoms with Gasteiger partial charge in [0.05, 0.1) is 40.7 Å². The number of aromatic nitrogens is 3. The Morgan fingerprint density at radius 1 is 0.939 bits per heavy atom. The summed E-state index contributed by atoms with van der Waals surface area (Å²) in [6, 6.07) is 12.1. The summed E-state index contributed by atoms with van der Waals surface area (Å²) in [5, 5.41) is 35.0. The molecule has 4 aromatic carbocycles. The van der Waals surface area contributed by atoms with Gasteiger partial charge in [-0.05, 0) is 35.0 Å². The highest BCUT2D eigenvalue weighted by Crippen LogP contribution is 2.48. The predicted molar refractivity (Wildman–Crippen MR) is 170 cm³/mol. The van der Waals surface area contributed by atoms with Crippen molar-refractivity contribution >= 4 is 82.8 Å². The zero-order valence-electron chi connectivity index (χ0n) is 24.5. The molecule has 49 heavy (non-hydrogen) atoms. The summed E-state index contributed by atoms with van der Waals surface area (Å²) in [4.78, 5) is 11.8. The maximum Gasteiger partial charge on any atom is 0.315 e. The molecule has 0 bridgehead atoms. The molecule has 22 heteroatoms. The van der Waals surface area contributed by atoms with E-state index in [1.165, 1.54) is 24.3 Å². The number of hydrogen-bond acceptors (Lipinski definition) is 17. The standard InChI is InChI=1S/C27H22FN7O11S3/c28-25-30-26(32-27(31-25)35-7-9-44-10-8-35)29-19-13-16(48(38,39)40)11-15-12-20(47-46-45-37)22(23(36)21(15)19)34-33-18-6-5-14-3-1-2-4-17(14)24(18)49(41,42)43/h1-6,11-13,36-37H,7-10H2,(H,38,39,40)(H,41,42,43)(H,29,30,31,32)/b34-33+. The Labute approximate surface area is 279 Å². The maximum absolute atomic E-state index is 14.6. The average molecular weight is 736 g/mol. The van der Waals surface area contributed by atoms with Crippen LogP contribution in [0.1, 0.15) is 0 Å². The molecule has 5 aromatic rings. The third-order valence-electron chi connectivity index (χ3n) is 7.09. The minimum atomic E-state index is -4.87. The molecule has 0 saturated carbocycles. The molecule has 5 N–H and O–H groups in total. The lowest BCUT2D eigenvalue weighted by Gasteiger charge is -2.26. The van der Waals surface area contributed by atoms with Crippen LogP contribution < -0.4 is 10.2 Å². The Morgan fingerprint density at radius 3 is 2.41 bits per heavy atom. The van der Waals surface area contributed by atoms with E-state index in [-0.39, 0.29) is 50.4 Å². The number of morpholine rings is 1. The number of phenolic OH excluding ortho intramolecular Hbond substituents is 1. The maximum atomic E-state index is 14.6. The van der Waals surface area contributed by atoms with Gasteiger partial charge < -0.3 is 20.1 Å². The van der Waals surface area contributed by atoms with Crippen molar-refractivity contribution in [2.75, 3.05) is 36.5 Å². The fraction of sp³-hybridized carbons (Fsp3) is 0.148. The van der Waals surface area contributed by atoms with Crippen LogP contribution in [0.4, 0.5) is 33.3 Å². The van der Waals surface area contributed by atoms with Gasteiger partial charge in [0.25, 0.3) is 20.2 Å². The van der Waals surface area contributed by atoms with E-state index in [4.69, 9.17) is 9.99 Å². The number of aromatic hydroxyl groups is 1. The van der Waals surface area contributed by atoms with Crippen molar-refractivity contribution in [3.63, 3.8) is 0 Å². The molecule has 1 aliphatic rings. The Hall–Kier alpha value is -4.65. The molecule has 0 spiro atoms. The largest absolute Gasteiger partial charge is 0.505 e. The smallest absolute Gasteiger partial charge is 0.315 e. The highest BCUT2D eigenvalue weighted by Gasteiger charge is 2.24. The quantitative estimate of drug-likeness (QED) is 0.0418. The number of phenols is 1. The van der Waals surface area contributed by atoms with E-state index in [1.54, 1.807) is 23.1 Å². The van der Waals surface area contributed by atoms with E-state index >= 15 is 0 Å². The highest BCUT2D eigenvalue weighted by molar-refractivity contribution is 7.94. The van der Waals surface area contributed by atoms with Crippen LogP contribution in [0.3, 0.4) is 0 Å². The lowest BCUT2D eigenvalue weighted by atomic mass is 10.1. The molecule has 0 aliphatic carbocycles.